The van der Waals surface area contributed by atoms with Gasteiger partial charge in [0, 0.05) is 11.6 Å². The number of Topliss-reactive ketones (excluding diaryl/α,β-unsaturated/α-hetero) is 1. The highest BCUT2D eigenvalue weighted by atomic mass is 32.2. The van der Waals surface area contributed by atoms with Crippen molar-refractivity contribution in [2.45, 2.75) is 57.4 Å². The monoisotopic (exact) mass is 309 g/mol. The maximum atomic E-state index is 12.5. The predicted molar refractivity (Wildman–Crippen MR) is 82.8 cm³/mol. The highest BCUT2D eigenvalue weighted by Gasteiger charge is 2.30. The molecule has 1 unspecified atom stereocenters. The van der Waals surface area contributed by atoms with Gasteiger partial charge >= 0.3 is 0 Å². The molecule has 21 heavy (non-hydrogen) atoms. The van der Waals surface area contributed by atoms with Crippen LogP contribution in [0.2, 0.25) is 0 Å². The zero-order valence-electron chi connectivity index (χ0n) is 12.8. The quantitative estimate of drug-likeness (QED) is 0.869. The Balaban J connectivity index is 2.18. The van der Waals surface area contributed by atoms with Gasteiger partial charge in [-0.15, -0.1) is 0 Å². The molecule has 0 saturated heterocycles. The topological polar surface area (TPSA) is 63.2 Å². The van der Waals surface area contributed by atoms with Crippen LogP contribution in [-0.2, 0) is 10.0 Å². The zero-order valence-corrected chi connectivity index (χ0v) is 13.7. The van der Waals surface area contributed by atoms with Gasteiger partial charge in [-0.1, -0.05) is 32.4 Å². The lowest BCUT2D eigenvalue weighted by Crippen LogP contribution is -2.40. The summed E-state index contributed by atoms with van der Waals surface area (Å²) in [5, 5.41) is 0. The maximum absolute atomic E-state index is 12.5. The number of hydrogen-bond donors (Lipinski definition) is 1. The first kappa shape index (κ1) is 16.2. The smallest absolute Gasteiger partial charge is 0.240 e. The third kappa shape index (κ3) is 4.14. The van der Waals surface area contributed by atoms with E-state index < -0.39 is 10.0 Å². The molecule has 0 amide bonds. The maximum Gasteiger partial charge on any atom is 0.240 e. The first-order valence-electron chi connectivity index (χ1n) is 7.33. The summed E-state index contributed by atoms with van der Waals surface area (Å²) < 4.78 is 27.7. The van der Waals surface area contributed by atoms with Crippen molar-refractivity contribution in [3.63, 3.8) is 0 Å². The summed E-state index contributed by atoms with van der Waals surface area (Å²) in [6.45, 7) is 5.77. The van der Waals surface area contributed by atoms with Crippen LogP contribution >= 0.6 is 0 Å². The molecule has 0 aliphatic heterocycles. The van der Waals surface area contributed by atoms with E-state index in [0.717, 1.165) is 25.7 Å². The second-order valence-electron chi connectivity index (χ2n) is 6.66. The van der Waals surface area contributed by atoms with Crippen LogP contribution in [0.1, 0.15) is 56.8 Å². The van der Waals surface area contributed by atoms with Gasteiger partial charge in [0.05, 0.1) is 4.90 Å². The Bertz CT molecular complexity index is 635. The van der Waals surface area contributed by atoms with Gasteiger partial charge in [-0.2, -0.15) is 0 Å². The van der Waals surface area contributed by atoms with Crippen molar-refractivity contribution in [3.05, 3.63) is 29.8 Å². The Kier molecular flexibility index (Phi) is 4.54. The summed E-state index contributed by atoms with van der Waals surface area (Å²) in [6, 6.07) is 6.18. The number of rotatable bonds is 4. The van der Waals surface area contributed by atoms with Crippen LogP contribution in [0.25, 0.3) is 0 Å². The van der Waals surface area contributed by atoms with Gasteiger partial charge in [0.15, 0.2) is 5.78 Å². The second-order valence-corrected chi connectivity index (χ2v) is 8.38. The molecular formula is C16H23NO3S. The molecule has 0 aromatic heterocycles. The number of nitrogens with one attached hydrogen (secondary N) is 1. The molecule has 1 saturated carbocycles. The lowest BCUT2D eigenvalue weighted by Gasteiger charge is -2.35. The van der Waals surface area contributed by atoms with Gasteiger partial charge in [0.25, 0.3) is 0 Å². The van der Waals surface area contributed by atoms with E-state index >= 15 is 0 Å². The minimum absolute atomic E-state index is 0.0280. The SMILES string of the molecule is CC(=O)c1cccc(S(=O)(=O)NC2CCCC(C)(C)C2)c1. The Morgan fingerprint density at radius 3 is 2.67 bits per heavy atom. The molecule has 1 aliphatic carbocycles. The lowest BCUT2D eigenvalue weighted by molar-refractivity contribution is 0.101. The van der Waals surface area contributed by atoms with Gasteiger partial charge in [-0.3, -0.25) is 4.79 Å². The van der Waals surface area contributed by atoms with E-state index in [1.54, 1.807) is 12.1 Å². The molecule has 5 heteroatoms. The molecule has 116 valence electrons. The standard InChI is InChI=1S/C16H23NO3S/c1-12(18)13-6-4-8-15(10-13)21(19,20)17-14-7-5-9-16(2,3)11-14/h4,6,8,10,14,17H,5,7,9,11H2,1-3H3. The van der Waals surface area contributed by atoms with Crippen LogP contribution < -0.4 is 4.72 Å². The number of benzene rings is 1. The molecule has 2 rings (SSSR count). The second kappa shape index (κ2) is 5.89. The Morgan fingerprint density at radius 1 is 1.33 bits per heavy atom. The average molecular weight is 309 g/mol. The molecule has 4 nitrogen and oxygen atoms in total. The Labute approximate surface area is 127 Å². The molecular weight excluding hydrogens is 286 g/mol. The molecule has 1 fully saturated rings. The molecule has 1 N–H and O–H groups in total. The van der Waals surface area contributed by atoms with E-state index in [1.807, 2.05) is 0 Å². The largest absolute Gasteiger partial charge is 0.295 e. The van der Waals surface area contributed by atoms with Crippen molar-refractivity contribution in [1.82, 2.24) is 4.72 Å². The third-order valence-corrected chi connectivity index (χ3v) is 5.60. The van der Waals surface area contributed by atoms with Crippen LogP contribution in [-0.4, -0.2) is 20.2 Å². The summed E-state index contributed by atoms with van der Waals surface area (Å²) in [5.74, 6) is -0.133. The molecule has 0 bridgehead atoms. The van der Waals surface area contributed by atoms with Crippen LogP contribution in [0.15, 0.2) is 29.2 Å². The highest BCUT2D eigenvalue weighted by Crippen LogP contribution is 2.35. The number of hydrogen-bond acceptors (Lipinski definition) is 3. The van der Waals surface area contributed by atoms with E-state index in [2.05, 4.69) is 18.6 Å². The minimum atomic E-state index is -3.57. The molecule has 1 aromatic rings. The fourth-order valence-corrected chi connectivity index (χ4v) is 4.28. The van der Waals surface area contributed by atoms with Gasteiger partial charge in [0.1, 0.15) is 0 Å². The van der Waals surface area contributed by atoms with Crippen molar-refractivity contribution in [2.24, 2.45) is 5.41 Å². The predicted octanol–water partition coefficient (Wildman–Crippen LogP) is 3.14. The lowest BCUT2D eigenvalue weighted by atomic mass is 9.75. The third-order valence-electron chi connectivity index (χ3n) is 4.08. The summed E-state index contributed by atoms with van der Waals surface area (Å²) >= 11 is 0. The average Bonchev–Trinajstić information content (AvgIpc) is 2.37. The number of ketones is 1. The van der Waals surface area contributed by atoms with Crippen molar-refractivity contribution in [3.8, 4) is 0 Å². The number of carbonyl (C=O) groups is 1. The molecule has 1 atom stereocenters. The molecule has 0 radical (unpaired) electrons. The van der Waals surface area contributed by atoms with E-state index in [4.69, 9.17) is 0 Å². The van der Waals surface area contributed by atoms with Crippen molar-refractivity contribution in [1.29, 1.82) is 0 Å². The van der Waals surface area contributed by atoms with E-state index in [-0.39, 0.29) is 22.1 Å². The van der Waals surface area contributed by atoms with Crippen LogP contribution in [0.5, 0.6) is 0 Å². The number of sulfonamides is 1. The van der Waals surface area contributed by atoms with Crippen LogP contribution in [0.3, 0.4) is 0 Å². The fraction of sp³-hybridized carbons (Fsp3) is 0.562. The summed E-state index contributed by atoms with van der Waals surface area (Å²) in [5.41, 5.74) is 0.592. The Morgan fingerprint density at radius 2 is 2.05 bits per heavy atom. The van der Waals surface area contributed by atoms with Crippen molar-refractivity contribution >= 4 is 15.8 Å². The van der Waals surface area contributed by atoms with Crippen LogP contribution in [0.4, 0.5) is 0 Å². The summed E-state index contributed by atoms with van der Waals surface area (Å²) in [6.07, 6.45) is 3.88. The summed E-state index contributed by atoms with van der Waals surface area (Å²) in [4.78, 5) is 11.5. The van der Waals surface area contributed by atoms with Gasteiger partial charge < -0.3 is 0 Å². The van der Waals surface area contributed by atoms with E-state index in [9.17, 15) is 13.2 Å². The van der Waals surface area contributed by atoms with Crippen molar-refractivity contribution in [2.75, 3.05) is 0 Å². The van der Waals surface area contributed by atoms with Gasteiger partial charge in [-0.05, 0) is 43.7 Å². The first-order chi connectivity index (χ1) is 9.70. The molecule has 1 aliphatic rings. The number of carbonyl (C=O) groups excluding carboxylic acids is 1. The summed E-state index contributed by atoms with van der Waals surface area (Å²) in [7, 11) is -3.57. The van der Waals surface area contributed by atoms with Crippen LogP contribution in [0, 0.1) is 5.41 Å². The molecule has 1 aromatic carbocycles. The Hall–Kier alpha value is -1.20. The first-order valence-corrected chi connectivity index (χ1v) is 8.81. The van der Waals surface area contributed by atoms with Crippen molar-refractivity contribution < 1.29 is 13.2 Å². The minimum Gasteiger partial charge on any atom is -0.295 e. The van der Waals surface area contributed by atoms with Gasteiger partial charge in [-0.25, -0.2) is 13.1 Å². The van der Waals surface area contributed by atoms with E-state index in [1.165, 1.54) is 19.1 Å². The van der Waals surface area contributed by atoms with E-state index in [0.29, 0.717) is 5.56 Å². The zero-order chi connectivity index (χ0) is 15.7. The molecule has 0 heterocycles. The van der Waals surface area contributed by atoms with Gasteiger partial charge in [0.2, 0.25) is 10.0 Å². The normalized spacial score (nSPS) is 22.0. The molecule has 0 spiro atoms. The highest BCUT2D eigenvalue weighted by molar-refractivity contribution is 7.89. The fourth-order valence-electron chi connectivity index (χ4n) is 2.97.